The Balaban J connectivity index is 1.48. The zero-order valence-electron chi connectivity index (χ0n) is 12.3. The van der Waals surface area contributed by atoms with E-state index >= 15 is 0 Å². The van der Waals surface area contributed by atoms with Crippen LogP contribution in [0.2, 0.25) is 0 Å². The summed E-state index contributed by atoms with van der Waals surface area (Å²) >= 11 is 0. The molecule has 2 aliphatic heterocycles. The molecule has 0 unspecified atom stereocenters. The van der Waals surface area contributed by atoms with Crippen LogP contribution in [-0.4, -0.2) is 23.6 Å². The van der Waals surface area contributed by atoms with E-state index in [4.69, 9.17) is 9.68 Å². The third-order valence-electron chi connectivity index (χ3n) is 7.35. The predicted molar refractivity (Wildman–Crippen MR) is 77.9 cm³/mol. The molecule has 0 aromatic heterocycles. The summed E-state index contributed by atoms with van der Waals surface area (Å²) in [4.78, 5) is 11.7. The fourth-order valence-electron chi connectivity index (χ4n) is 6.69. The number of hydrogen-bond acceptors (Lipinski definition) is 4. The van der Waals surface area contributed by atoms with Crippen molar-refractivity contribution in [3.05, 3.63) is 0 Å². The fourth-order valence-corrected chi connectivity index (χ4v) is 6.69. The molecule has 4 nitrogen and oxygen atoms in total. The minimum atomic E-state index is 0.128. The molecular weight excluding hydrogens is 264 g/mol. The Morgan fingerprint density at radius 1 is 0.762 bits per heavy atom. The van der Waals surface area contributed by atoms with Gasteiger partial charge < -0.3 is 9.68 Å². The first-order valence-corrected chi connectivity index (χ1v) is 8.85. The Labute approximate surface area is 124 Å². The molecule has 4 aliphatic carbocycles. The van der Waals surface area contributed by atoms with Crippen LogP contribution in [0.5, 0.6) is 0 Å². The first kappa shape index (κ1) is 11.5. The number of fused-ring (bicyclic) bond motifs is 2. The van der Waals surface area contributed by atoms with E-state index in [1.54, 1.807) is 0 Å². The van der Waals surface area contributed by atoms with Crippen molar-refractivity contribution in [3.63, 3.8) is 0 Å². The monoisotopic (exact) mass is 286 g/mol. The molecule has 6 atom stereocenters. The van der Waals surface area contributed by atoms with Crippen LogP contribution in [-0.2, 0) is 9.68 Å². The highest BCUT2D eigenvalue weighted by Gasteiger charge is 2.67. The first-order chi connectivity index (χ1) is 10.4. The average molecular weight is 286 g/mol. The minimum absolute atomic E-state index is 0.128. The summed E-state index contributed by atoms with van der Waals surface area (Å²) in [5.41, 5.74) is 2.87. The van der Waals surface area contributed by atoms with Gasteiger partial charge in [-0.05, 0) is 63.2 Å². The van der Waals surface area contributed by atoms with Crippen molar-refractivity contribution in [2.45, 2.75) is 63.6 Å². The Kier molecular flexibility index (Phi) is 1.99. The van der Waals surface area contributed by atoms with Gasteiger partial charge in [0.1, 0.15) is 12.2 Å². The van der Waals surface area contributed by atoms with Gasteiger partial charge in [0.25, 0.3) is 0 Å². The SMILES string of the molecule is C1C[C@H]2CC3(C[C@@H]4CCC[C@@H]5ON=C3[C@H]45)C3=NO[C@@H](C1)[C@H]32. The highest BCUT2D eigenvalue weighted by Crippen LogP contribution is 2.63. The molecule has 1 spiro atoms. The van der Waals surface area contributed by atoms with E-state index in [2.05, 4.69) is 10.3 Å². The fraction of sp³-hybridized carbons (Fsp3) is 0.882. The molecule has 0 bridgehead atoms. The second-order valence-electron chi connectivity index (χ2n) is 8.16. The molecule has 0 aromatic carbocycles. The van der Waals surface area contributed by atoms with Crippen LogP contribution in [0.15, 0.2) is 10.3 Å². The maximum absolute atomic E-state index is 5.83. The molecule has 0 aromatic rings. The Hall–Kier alpha value is -1.06. The normalized spacial score (nSPS) is 51.0. The van der Waals surface area contributed by atoms with Gasteiger partial charge in [-0.15, -0.1) is 0 Å². The largest absolute Gasteiger partial charge is 0.392 e. The number of oxime groups is 2. The summed E-state index contributed by atoms with van der Waals surface area (Å²) in [6.07, 6.45) is 11.0. The molecule has 0 saturated heterocycles. The van der Waals surface area contributed by atoms with Gasteiger partial charge in [0.2, 0.25) is 0 Å². The van der Waals surface area contributed by atoms with Gasteiger partial charge in [0.05, 0.1) is 16.8 Å². The predicted octanol–water partition coefficient (Wildman–Crippen LogP) is 3.12. The molecule has 112 valence electrons. The molecule has 4 saturated carbocycles. The van der Waals surface area contributed by atoms with Gasteiger partial charge >= 0.3 is 0 Å². The minimum Gasteiger partial charge on any atom is -0.392 e. The van der Waals surface area contributed by atoms with Crippen LogP contribution in [0, 0.1) is 29.1 Å². The van der Waals surface area contributed by atoms with E-state index in [9.17, 15) is 0 Å². The van der Waals surface area contributed by atoms with Crippen molar-refractivity contribution in [1.82, 2.24) is 0 Å². The molecule has 6 aliphatic rings. The highest BCUT2D eigenvalue weighted by atomic mass is 16.6. The maximum atomic E-state index is 5.83. The van der Waals surface area contributed by atoms with Gasteiger partial charge in [-0.3, -0.25) is 0 Å². The smallest absolute Gasteiger partial charge is 0.136 e. The third kappa shape index (κ3) is 1.21. The van der Waals surface area contributed by atoms with Gasteiger partial charge in [0, 0.05) is 11.8 Å². The van der Waals surface area contributed by atoms with E-state index in [0.717, 1.165) is 11.8 Å². The van der Waals surface area contributed by atoms with Gasteiger partial charge in [0.15, 0.2) is 0 Å². The van der Waals surface area contributed by atoms with E-state index in [0.29, 0.717) is 24.0 Å². The van der Waals surface area contributed by atoms with Crippen molar-refractivity contribution in [1.29, 1.82) is 0 Å². The van der Waals surface area contributed by atoms with E-state index in [1.165, 1.54) is 62.8 Å². The molecule has 2 heterocycles. The van der Waals surface area contributed by atoms with Crippen molar-refractivity contribution in [3.8, 4) is 0 Å². The first-order valence-electron chi connectivity index (χ1n) is 8.85. The molecule has 4 heteroatoms. The molecule has 0 N–H and O–H groups in total. The summed E-state index contributed by atoms with van der Waals surface area (Å²) < 4.78 is 0. The van der Waals surface area contributed by atoms with Crippen LogP contribution in [0.1, 0.15) is 51.4 Å². The zero-order valence-corrected chi connectivity index (χ0v) is 12.3. The highest BCUT2D eigenvalue weighted by molar-refractivity contribution is 6.17. The summed E-state index contributed by atoms with van der Waals surface area (Å²) in [6, 6.07) is 0. The second kappa shape index (κ2) is 3.64. The van der Waals surface area contributed by atoms with Crippen LogP contribution < -0.4 is 0 Å². The zero-order chi connectivity index (χ0) is 13.6. The average Bonchev–Trinajstić information content (AvgIpc) is 3.23. The topological polar surface area (TPSA) is 43.2 Å². The Morgan fingerprint density at radius 3 is 1.81 bits per heavy atom. The standard InChI is InChI=1S/C17H22N2O2/c1-3-9-7-17(15-13(9)11(5-1)20-18-15)8-10-4-2-6-12-14(10)16(17)19-21-12/h9-14H,1-8H2/t9-,10-,11-,12-,13+,14+,17?/m0/s1. The van der Waals surface area contributed by atoms with Crippen molar-refractivity contribution in [2.75, 3.05) is 0 Å². The lowest BCUT2D eigenvalue weighted by Crippen LogP contribution is -2.36. The Bertz CT molecular complexity index is 519. The van der Waals surface area contributed by atoms with Crippen molar-refractivity contribution >= 4 is 11.4 Å². The van der Waals surface area contributed by atoms with Crippen LogP contribution >= 0.6 is 0 Å². The molecule has 0 radical (unpaired) electrons. The Morgan fingerprint density at radius 2 is 1.29 bits per heavy atom. The maximum Gasteiger partial charge on any atom is 0.136 e. The summed E-state index contributed by atoms with van der Waals surface area (Å²) in [6.45, 7) is 0. The lowest BCUT2D eigenvalue weighted by molar-refractivity contribution is 0.0142. The lowest BCUT2D eigenvalue weighted by atomic mass is 9.78. The van der Waals surface area contributed by atoms with Gasteiger partial charge in [-0.25, -0.2) is 0 Å². The number of nitrogens with zero attached hydrogens (tertiary/aromatic N) is 2. The van der Waals surface area contributed by atoms with Crippen molar-refractivity contribution in [2.24, 2.45) is 39.4 Å². The van der Waals surface area contributed by atoms with Crippen LogP contribution in [0.25, 0.3) is 0 Å². The molecule has 21 heavy (non-hydrogen) atoms. The molecular formula is C17H22N2O2. The van der Waals surface area contributed by atoms with E-state index in [1.807, 2.05) is 0 Å². The molecule has 6 rings (SSSR count). The van der Waals surface area contributed by atoms with Crippen LogP contribution in [0.4, 0.5) is 0 Å². The third-order valence-corrected chi connectivity index (χ3v) is 7.35. The lowest BCUT2D eigenvalue weighted by Gasteiger charge is -2.27. The van der Waals surface area contributed by atoms with E-state index < -0.39 is 0 Å². The summed E-state index contributed by atoms with van der Waals surface area (Å²) in [5, 5.41) is 9.26. The van der Waals surface area contributed by atoms with E-state index in [-0.39, 0.29) is 5.41 Å². The quantitative estimate of drug-likeness (QED) is 0.686. The summed E-state index contributed by atoms with van der Waals surface area (Å²) in [7, 11) is 0. The second-order valence-corrected chi connectivity index (χ2v) is 8.16. The van der Waals surface area contributed by atoms with Crippen LogP contribution in [0.3, 0.4) is 0 Å². The van der Waals surface area contributed by atoms with Gasteiger partial charge in [-0.1, -0.05) is 10.3 Å². The molecule has 4 fully saturated rings. The summed E-state index contributed by atoms with van der Waals surface area (Å²) in [5.74, 6) is 2.76. The molecule has 0 amide bonds. The number of hydrogen-bond donors (Lipinski definition) is 0. The van der Waals surface area contributed by atoms with Gasteiger partial charge in [-0.2, -0.15) is 0 Å². The van der Waals surface area contributed by atoms with Crippen molar-refractivity contribution < 1.29 is 9.68 Å². The number of rotatable bonds is 0.